The number of aromatic hydroxyl groups is 1. The highest BCUT2D eigenvalue weighted by atomic mass is 32.2. The van der Waals surface area contributed by atoms with Crippen molar-refractivity contribution >= 4 is 52.2 Å². The molecule has 4 heterocycles. The number of phenolic OH excluding ortho intramolecular Hbond substituents is 1. The van der Waals surface area contributed by atoms with E-state index in [2.05, 4.69) is 15.5 Å². The first-order chi connectivity index (χ1) is 17.8. The van der Waals surface area contributed by atoms with Crippen LogP contribution in [0.4, 0.5) is 6.01 Å². The molecule has 0 aliphatic carbocycles. The number of fused-ring (bicyclic) bond motifs is 2. The maximum Gasteiger partial charge on any atom is 0.352 e. The van der Waals surface area contributed by atoms with E-state index in [9.17, 15) is 24.6 Å². The molecule has 13 nitrogen and oxygen atoms in total. The minimum Gasteiger partial charge on any atom is -0.508 e. The second-order valence-electron chi connectivity index (χ2n) is 8.19. The predicted molar refractivity (Wildman–Crippen MR) is 130 cm³/mol. The van der Waals surface area contributed by atoms with Crippen molar-refractivity contribution in [3.63, 3.8) is 0 Å². The van der Waals surface area contributed by atoms with E-state index in [1.807, 2.05) is 10.6 Å². The molecule has 37 heavy (non-hydrogen) atoms. The molecule has 3 aromatic rings. The average Bonchev–Trinajstić information content (AvgIpc) is 3.30. The van der Waals surface area contributed by atoms with Crippen molar-refractivity contribution in [2.45, 2.75) is 18.0 Å². The summed E-state index contributed by atoms with van der Waals surface area (Å²) in [5.74, 6) is -2.11. The van der Waals surface area contributed by atoms with Gasteiger partial charge in [-0.1, -0.05) is 5.16 Å². The Hall–Kier alpha value is -4.59. The molecule has 1 unspecified atom stereocenters. The predicted octanol–water partition coefficient (Wildman–Crippen LogP) is 0.192. The highest BCUT2D eigenvalue weighted by molar-refractivity contribution is 8.00. The zero-order valence-electron chi connectivity index (χ0n) is 19.3. The lowest BCUT2D eigenvalue weighted by Crippen LogP contribution is -2.71. The Morgan fingerprint density at radius 2 is 2.22 bits per heavy atom. The van der Waals surface area contributed by atoms with Crippen molar-refractivity contribution in [3.05, 3.63) is 59.8 Å². The minimum absolute atomic E-state index is 0.0191. The molecule has 1 saturated heterocycles. The lowest BCUT2D eigenvalue weighted by Gasteiger charge is -2.49. The van der Waals surface area contributed by atoms with Crippen molar-refractivity contribution in [1.29, 1.82) is 0 Å². The van der Waals surface area contributed by atoms with Gasteiger partial charge in [0.15, 0.2) is 18.5 Å². The van der Waals surface area contributed by atoms with Crippen LogP contribution in [0, 0.1) is 0 Å². The molecular weight excluding hydrogens is 504 g/mol. The number of benzene rings is 1. The number of anilines is 1. The van der Waals surface area contributed by atoms with Gasteiger partial charge in [-0.15, -0.1) is 11.8 Å². The number of carbonyl (C=O) groups is 3. The van der Waals surface area contributed by atoms with Crippen molar-refractivity contribution in [2.24, 2.45) is 5.16 Å². The van der Waals surface area contributed by atoms with Crippen LogP contribution in [0.15, 0.2) is 63.6 Å². The van der Waals surface area contributed by atoms with Crippen LogP contribution in [0.25, 0.3) is 10.9 Å². The van der Waals surface area contributed by atoms with Crippen molar-refractivity contribution in [1.82, 2.24) is 15.2 Å². The second-order valence-corrected chi connectivity index (χ2v) is 9.30. The molecule has 5 rings (SSSR count). The van der Waals surface area contributed by atoms with Crippen LogP contribution in [0.2, 0.25) is 0 Å². The summed E-state index contributed by atoms with van der Waals surface area (Å²) >= 11 is 1.34. The number of nitrogen functional groups attached to an aromatic ring is 1. The smallest absolute Gasteiger partial charge is 0.352 e. The van der Waals surface area contributed by atoms with Crippen LogP contribution in [-0.4, -0.2) is 67.9 Å². The molecule has 0 radical (unpaired) electrons. The number of thioether (sulfide) groups is 1. The maximum absolute atomic E-state index is 13.1. The summed E-state index contributed by atoms with van der Waals surface area (Å²) in [6.07, 6.45) is 2.93. The summed E-state index contributed by atoms with van der Waals surface area (Å²) < 4.78 is 6.77. The number of oxime groups is 1. The molecule has 14 heteroatoms. The first-order valence-electron chi connectivity index (χ1n) is 10.9. The van der Waals surface area contributed by atoms with Gasteiger partial charge in [0, 0.05) is 23.5 Å². The number of hydrogen-bond donors (Lipinski definition) is 4. The standard InChI is InChI=1S/C23H20N6O7S/c1-35-27-16(14-9-36-23(24)25-14)19(31)26-17-20(32)29-18(22(33)34)12(10-37-21(17)29)8-28-6-2-3-11-7-13(30)4-5-15(11)28/h2-7,9,17,21H,8,10H2,1H3,(H4-,24,25,26,30,31,33,34)/p+1/t17?,21-/m0/s1. The summed E-state index contributed by atoms with van der Waals surface area (Å²) in [6, 6.07) is 7.39. The largest absolute Gasteiger partial charge is 0.508 e. The van der Waals surface area contributed by atoms with Gasteiger partial charge in [-0.05, 0) is 18.2 Å². The number of amides is 2. The molecule has 2 aromatic heterocycles. The number of pyridine rings is 1. The Balaban J connectivity index is 1.39. The second kappa shape index (κ2) is 9.46. The summed E-state index contributed by atoms with van der Waals surface area (Å²) in [7, 11) is 1.24. The number of nitrogens with zero attached hydrogens (tertiary/aromatic N) is 4. The molecule has 1 aromatic carbocycles. The van der Waals surface area contributed by atoms with Gasteiger partial charge in [-0.25, -0.2) is 4.79 Å². The monoisotopic (exact) mass is 525 g/mol. The SMILES string of the molecule is CON=C(C(=O)NC1C(=O)N2C(C(=O)O)=C(C[n+]3cccc4cc(O)ccc43)CS[C@@H]12)c1coc(N)n1. The zero-order valence-corrected chi connectivity index (χ0v) is 20.1. The van der Waals surface area contributed by atoms with E-state index in [-0.39, 0.29) is 35.4 Å². The number of aromatic nitrogens is 2. The van der Waals surface area contributed by atoms with Gasteiger partial charge in [0.1, 0.15) is 41.9 Å². The summed E-state index contributed by atoms with van der Waals surface area (Å²) in [4.78, 5) is 47.9. The summed E-state index contributed by atoms with van der Waals surface area (Å²) in [5.41, 5.74) is 6.46. The Morgan fingerprint density at radius 1 is 1.41 bits per heavy atom. The number of carboxylic acids is 1. The highest BCUT2D eigenvalue weighted by Crippen LogP contribution is 2.40. The minimum atomic E-state index is -1.24. The number of nitrogens with two attached hydrogens (primary N) is 1. The number of phenols is 1. The number of carboxylic acid groups (broad SMARTS) is 1. The molecule has 1 fully saturated rings. The van der Waals surface area contributed by atoms with Gasteiger partial charge in [0.2, 0.25) is 5.52 Å². The fourth-order valence-electron chi connectivity index (χ4n) is 4.32. The fourth-order valence-corrected chi connectivity index (χ4v) is 5.65. The van der Waals surface area contributed by atoms with E-state index in [1.165, 1.54) is 23.8 Å². The van der Waals surface area contributed by atoms with Crippen molar-refractivity contribution in [2.75, 3.05) is 18.6 Å². The highest BCUT2D eigenvalue weighted by Gasteiger charge is 2.54. The lowest BCUT2D eigenvalue weighted by atomic mass is 10.0. The molecule has 2 amide bonds. The van der Waals surface area contributed by atoms with E-state index in [1.54, 1.807) is 30.5 Å². The van der Waals surface area contributed by atoms with E-state index < -0.39 is 29.2 Å². The molecule has 2 aliphatic heterocycles. The summed E-state index contributed by atoms with van der Waals surface area (Å²) in [6.45, 7) is 0.225. The number of β-lactam (4-membered cyclic amide) rings is 1. The van der Waals surface area contributed by atoms with E-state index in [4.69, 9.17) is 15.0 Å². The van der Waals surface area contributed by atoms with Crippen molar-refractivity contribution < 1.29 is 38.4 Å². The van der Waals surface area contributed by atoms with Gasteiger partial charge in [0.05, 0.1) is 5.39 Å². The topological polar surface area (TPSA) is 184 Å². The number of nitrogens with one attached hydrogen (secondary N) is 1. The Labute approximate surface area is 213 Å². The quantitative estimate of drug-likeness (QED) is 0.144. The van der Waals surface area contributed by atoms with Crippen LogP contribution in [0.1, 0.15) is 5.69 Å². The first kappa shape index (κ1) is 24.1. The molecule has 0 bridgehead atoms. The van der Waals surface area contributed by atoms with E-state index >= 15 is 0 Å². The molecule has 2 aliphatic rings. The third-order valence-electron chi connectivity index (χ3n) is 5.92. The van der Waals surface area contributed by atoms with Gasteiger partial charge in [-0.2, -0.15) is 9.55 Å². The van der Waals surface area contributed by atoms with E-state index in [0.717, 1.165) is 17.2 Å². The molecule has 5 N–H and O–H groups in total. The Morgan fingerprint density at radius 3 is 2.92 bits per heavy atom. The van der Waals surface area contributed by atoms with Gasteiger partial charge in [-0.3, -0.25) is 14.5 Å². The van der Waals surface area contributed by atoms with Crippen molar-refractivity contribution in [3.8, 4) is 5.75 Å². The normalized spacial score (nSPS) is 19.4. The van der Waals surface area contributed by atoms with Crippen LogP contribution in [-0.2, 0) is 25.8 Å². The average molecular weight is 526 g/mol. The first-order valence-corrected chi connectivity index (χ1v) is 12.0. The number of rotatable bonds is 7. The Bertz CT molecular complexity index is 1500. The molecule has 190 valence electrons. The molecular formula is C23H21N6O7S+. The molecule has 0 spiro atoms. The van der Waals surface area contributed by atoms with Gasteiger partial charge < -0.3 is 30.5 Å². The van der Waals surface area contributed by atoms with E-state index in [0.29, 0.717) is 11.3 Å². The number of oxazole rings is 1. The Kier molecular flexibility index (Phi) is 6.17. The van der Waals surface area contributed by atoms with Gasteiger partial charge >= 0.3 is 5.97 Å². The third kappa shape index (κ3) is 4.31. The summed E-state index contributed by atoms with van der Waals surface area (Å²) in [5, 5.41) is 26.2. The van der Waals surface area contributed by atoms with Crippen LogP contribution in [0.5, 0.6) is 5.75 Å². The number of aliphatic carboxylic acids is 1. The zero-order chi connectivity index (χ0) is 26.3. The number of carbonyl (C=O) groups excluding carboxylic acids is 2. The fraction of sp³-hybridized carbons (Fsp3) is 0.217. The molecule has 2 atom stereocenters. The lowest BCUT2D eigenvalue weighted by molar-refractivity contribution is -0.663. The van der Waals surface area contributed by atoms with Crippen LogP contribution in [0.3, 0.4) is 0 Å². The molecule has 0 saturated carbocycles. The van der Waals surface area contributed by atoms with Crippen LogP contribution < -0.4 is 15.6 Å². The number of hydrogen-bond acceptors (Lipinski definition) is 10. The van der Waals surface area contributed by atoms with Gasteiger partial charge in [0.25, 0.3) is 17.8 Å². The maximum atomic E-state index is 13.1. The third-order valence-corrected chi connectivity index (χ3v) is 7.26. The van der Waals surface area contributed by atoms with Crippen LogP contribution >= 0.6 is 11.8 Å².